The van der Waals surface area contributed by atoms with Crippen LogP contribution in [0.15, 0.2) is 45.6 Å². The summed E-state index contributed by atoms with van der Waals surface area (Å²) in [6.45, 7) is 0. The molecule has 3 aromatic rings. The normalized spacial score (nSPS) is 10.8. The van der Waals surface area contributed by atoms with Crippen molar-refractivity contribution < 1.29 is 19.4 Å². The highest BCUT2D eigenvalue weighted by molar-refractivity contribution is 6.33. The second kappa shape index (κ2) is 5.87. The van der Waals surface area contributed by atoms with Crippen LogP contribution in [0.5, 0.6) is 5.75 Å². The predicted molar refractivity (Wildman–Crippen MR) is 87.9 cm³/mol. The Morgan fingerprint density at radius 3 is 2.28 bits per heavy atom. The maximum Gasteiger partial charge on any atom is 0.319 e. The molecule has 1 aromatic heterocycles. The van der Waals surface area contributed by atoms with E-state index in [0.717, 1.165) is 6.07 Å². The molecule has 2 aromatic carbocycles. The summed E-state index contributed by atoms with van der Waals surface area (Å²) < 4.78 is 5.41. The van der Waals surface area contributed by atoms with Gasteiger partial charge in [-0.15, -0.1) is 0 Å². The van der Waals surface area contributed by atoms with Crippen LogP contribution in [0.1, 0.15) is 0 Å². The first-order valence-electron chi connectivity index (χ1n) is 6.68. The summed E-state index contributed by atoms with van der Waals surface area (Å²) in [6.07, 6.45) is 0. The number of hydrogen-bond acceptors (Lipinski definition) is 7. The Labute approximate surface area is 143 Å². The van der Waals surface area contributed by atoms with E-state index in [2.05, 4.69) is 0 Å². The lowest BCUT2D eigenvalue weighted by Crippen LogP contribution is -2.04. The van der Waals surface area contributed by atoms with Crippen LogP contribution >= 0.6 is 11.6 Å². The fourth-order valence-corrected chi connectivity index (χ4v) is 2.59. The Hall–Kier alpha value is -3.46. The molecular weight excluding hydrogens is 356 g/mol. The van der Waals surface area contributed by atoms with Crippen LogP contribution in [0.3, 0.4) is 0 Å². The Bertz CT molecular complexity index is 1110. The molecule has 0 aliphatic carbocycles. The fourth-order valence-electron chi connectivity index (χ4n) is 2.36. The molecule has 25 heavy (non-hydrogen) atoms. The molecule has 0 aliphatic heterocycles. The molecule has 3 rings (SSSR count). The maximum absolute atomic E-state index is 12.3. The van der Waals surface area contributed by atoms with E-state index in [9.17, 15) is 30.1 Å². The zero-order valence-electron chi connectivity index (χ0n) is 12.1. The minimum Gasteiger partial charge on any atom is -0.501 e. The molecule has 0 radical (unpaired) electrons. The second-order valence-corrected chi connectivity index (χ2v) is 5.34. The summed E-state index contributed by atoms with van der Waals surface area (Å²) in [5, 5.41) is 31.8. The smallest absolute Gasteiger partial charge is 0.319 e. The lowest BCUT2D eigenvalue weighted by molar-refractivity contribution is -0.394. The van der Waals surface area contributed by atoms with Crippen molar-refractivity contribution >= 4 is 33.9 Å². The zero-order valence-corrected chi connectivity index (χ0v) is 12.9. The van der Waals surface area contributed by atoms with Crippen molar-refractivity contribution in [3.05, 3.63) is 71.9 Å². The molecule has 0 bridgehead atoms. The van der Waals surface area contributed by atoms with Crippen LogP contribution in [-0.2, 0) is 0 Å². The molecule has 0 atom stereocenters. The number of rotatable bonds is 3. The first-order chi connectivity index (χ1) is 11.8. The summed E-state index contributed by atoms with van der Waals surface area (Å²) in [5.74, 6) is -1.07. The molecule has 0 saturated carbocycles. The number of nitro groups is 2. The number of aromatic hydroxyl groups is 1. The Balaban J connectivity index is 2.46. The van der Waals surface area contributed by atoms with Crippen molar-refractivity contribution in [2.45, 2.75) is 0 Å². The van der Waals surface area contributed by atoms with Gasteiger partial charge in [0.15, 0.2) is 5.43 Å². The van der Waals surface area contributed by atoms with Gasteiger partial charge in [0.1, 0.15) is 17.2 Å². The highest BCUT2D eigenvalue weighted by Crippen LogP contribution is 2.40. The third-order valence-corrected chi connectivity index (χ3v) is 3.80. The highest BCUT2D eigenvalue weighted by Gasteiger charge is 2.29. The molecule has 126 valence electrons. The van der Waals surface area contributed by atoms with Gasteiger partial charge in [-0.3, -0.25) is 25.0 Å². The van der Waals surface area contributed by atoms with E-state index in [0.29, 0.717) is 11.6 Å². The third kappa shape index (κ3) is 2.66. The van der Waals surface area contributed by atoms with Crippen LogP contribution in [-0.4, -0.2) is 15.0 Å². The summed E-state index contributed by atoms with van der Waals surface area (Å²) in [6, 6.07) is 7.82. The van der Waals surface area contributed by atoms with E-state index in [4.69, 9.17) is 16.0 Å². The molecule has 0 spiro atoms. The summed E-state index contributed by atoms with van der Waals surface area (Å²) in [5.41, 5.74) is -2.92. The van der Waals surface area contributed by atoms with Gasteiger partial charge < -0.3 is 9.52 Å². The lowest BCUT2D eigenvalue weighted by atomic mass is 10.1. The molecule has 0 saturated heterocycles. The van der Waals surface area contributed by atoms with E-state index in [1.165, 1.54) is 12.1 Å². The number of phenolic OH excluding ortho intramolecular Hbond substituents is 1. The molecule has 1 N–H and O–H groups in total. The predicted octanol–water partition coefficient (Wildman–Crippen LogP) is 3.64. The molecule has 0 aliphatic rings. The number of nitrogens with zero attached hydrogens (tertiary/aromatic N) is 2. The first kappa shape index (κ1) is 16.4. The first-order valence-corrected chi connectivity index (χ1v) is 7.06. The van der Waals surface area contributed by atoms with E-state index in [1.54, 1.807) is 12.1 Å². The van der Waals surface area contributed by atoms with Crippen molar-refractivity contribution in [2.24, 2.45) is 0 Å². The molecule has 0 unspecified atom stereocenters. The number of halogens is 1. The van der Waals surface area contributed by atoms with E-state index in [1.807, 2.05) is 0 Å². The van der Waals surface area contributed by atoms with Crippen LogP contribution in [0, 0.1) is 20.2 Å². The summed E-state index contributed by atoms with van der Waals surface area (Å²) in [7, 11) is 0. The highest BCUT2D eigenvalue weighted by atomic mass is 35.5. The standard InChI is InChI=1S/C15H7ClN2O7/c16-8-4-2-1-3-7(8)12-6-11(19)13-14(20)9(17(21)22)5-10(18(23)24)15(13)25-12/h1-6,20H. The minimum atomic E-state index is -1.02. The van der Waals surface area contributed by atoms with Crippen LogP contribution < -0.4 is 5.43 Å². The van der Waals surface area contributed by atoms with E-state index >= 15 is 0 Å². The van der Waals surface area contributed by atoms with Crippen molar-refractivity contribution in [3.63, 3.8) is 0 Å². The zero-order chi connectivity index (χ0) is 18.3. The quantitative estimate of drug-likeness (QED) is 0.554. The number of nitro benzene ring substituents is 2. The van der Waals surface area contributed by atoms with Gasteiger partial charge in [0.25, 0.3) is 0 Å². The van der Waals surface area contributed by atoms with Crippen LogP contribution in [0.25, 0.3) is 22.3 Å². The van der Waals surface area contributed by atoms with Crippen LogP contribution in [0.4, 0.5) is 11.4 Å². The molecule has 10 heteroatoms. The van der Waals surface area contributed by atoms with Gasteiger partial charge in [0.2, 0.25) is 11.3 Å². The SMILES string of the molecule is O=c1cc(-c2ccccc2Cl)oc2c([N+](=O)[O-])cc([N+](=O)[O-])c(O)c12. The molecule has 0 amide bonds. The largest absolute Gasteiger partial charge is 0.501 e. The summed E-state index contributed by atoms with van der Waals surface area (Å²) >= 11 is 6.03. The maximum atomic E-state index is 12.3. The lowest BCUT2D eigenvalue weighted by Gasteiger charge is -2.06. The average molecular weight is 363 g/mol. The Kier molecular flexibility index (Phi) is 3.85. The van der Waals surface area contributed by atoms with Gasteiger partial charge in [-0.25, -0.2) is 0 Å². The van der Waals surface area contributed by atoms with Gasteiger partial charge in [-0.05, 0) is 12.1 Å². The van der Waals surface area contributed by atoms with Gasteiger partial charge >= 0.3 is 11.4 Å². The van der Waals surface area contributed by atoms with E-state index in [-0.39, 0.29) is 10.8 Å². The summed E-state index contributed by atoms with van der Waals surface area (Å²) in [4.78, 5) is 32.6. The van der Waals surface area contributed by atoms with Gasteiger partial charge in [-0.1, -0.05) is 23.7 Å². The van der Waals surface area contributed by atoms with Crippen LogP contribution in [0.2, 0.25) is 5.02 Å². The van der Waals surface area contributed by atoms with E-state index < -0.39 is 43.4 Å². The van der Waals surface area contributed by atoms with Crippen molar-refractivity contribution in [2.75, 3.05) is 0 Å². The molecule has 9 nitrogen and oxygen atoms in total. The third-order valence-electron chi connectivity index (χ3n) is 3.47. The monoisotopic (exact) mass is 362 g/mol. The minimum absolute atomic E-state index is 0.0700. The van der Waals surface area contributed by atoms with Crippen molar-refractivity contribution in [3.8, 4) is 17.1 Å². The Morgan fingerprint density at radius 1 is 1.04 bits per heavy atom. The molecule has 0 fully saturated rings. The number of phenols is 1. The number of non-ortho nitro benzene ring substituents is 1. The second-order valence-electron chi connectivity index (χ2n) is 4.94. The topological polar surface area (TPSA) is 137 Å². The number of hydrogen-bond donors (Lipinski definition) is 1. The van der Waals surface area contributed by atoms with Gasteiger partial charge in [0.05, 0.1) is 14.9 Å². The number of benzene rings is 2. The van der Waals surface area contributed by atoms with Gasteiger partial charge in [0, 0.05) is 11.6 Å². The average Bonchev–Trinajstić information content (AvgIpc) is 2.54. The Morgan fingerprint density at radius 2 is 1.68 bits per heavy atom. The molecule has 1 heterocycles. The van der Waals surface area contributed by atoms with Gasteiger partial charge in [-0.2, -0.15) is 0 Å². The fraction of sp³-hybridized carbons (Fsp3) is 0. The van der Waals surface area contributed by atoms with Crippen molar-refractivity contribution in [1.82, 2.24) is 0 Å². The van der Waals surface area contributed by atoms with Crippen molar-refractivity contribution in [1.29, 1.82) is 0 Å². The molecular formula is C15H7ClN2O7. The number of fused-ring (bicyclic) bond motifs is 1.